The van der Waals surface area contributed by atoms with Gasteiger partial charge in [0.25, 0.3) is 11.8 Å². The van der Waals surface area contributed by atoms with Gasteiger partial charge in [-0.05, 0) is 36.4 Å². The number of carbonyl (C=O) groups excluding carboxylic acids is 2. The SMILES string of the molecule is COc1ccc(NC(=O)C[NH+](C)CC(=O)Nc2cc(Cl)ccc2OC)cc1Cl. The molecule has 3 N–H and O–H groups in total. The molecular weight excluding hydrogens is 405 g/mol. The first-order valence-corrected chi connectivity index (χ1v) is 9.16. The molecule has 0 heterocycles. The molecule has 0 aromatic heterocycles. The van der Waals surface area contributed by atoms with Crippen LogP contribution in [0, 0.1) is 0 Å². The fourth-order valence-electron chi connectivity index (χ4n) is 2.53. The summed E-state index contributed by atoms with van der Waals surface area (Å²) in [6.07, 6.45) is 0. The molecule has 0 radical (unpaired) electrons. The first kappa shape index (κ1) is 21.8. The van der Waals surface area contributed by atoms with Crippen LogP contribution in [0.2, 0.25) is 10.0 Å². The van der Waals surface area contributed by atoms with Gasteiger partial charge < -0.3 is 25.0 Å². The number of hydrogen-bond donors (Lipinski definition) is 3. The minimum atomic E-state index is -0.265. The van der Waals surface area contributed by atoms with Crippen LogP contribution in [-0.2, 0) is 9.59 Å². The van der Waals surface area contributed by atoms with E-state index in [-0.39, 0.29) is 24.9 Å². The Kier molecular flexibility index (Phi) is 7.92. The smallest absolute Gasteiger partial charge is 0.279 e. The highest BCUT2D eigenvalue weighted by atomic mass is 35.5. The van der Waals surface area contributed by atoms with E-state index in [4.69, 9.17) is 32.7 Å². The molecule has 0 saturated heterocycles. The molecule has 0 aliphatic heterocycles. The van der Waals surface area contributed by atoms with Gasteiger partial charge in [-0.15, -0.1) is 0 Å². The zero-order valence-electron chi connectivity index (χ0n) is 15.8. The largest absolute Gasteiger partial charge is 0.495 e. The van der Waals surface area contributed by atoms with Gasteiger partial charge in [0.2, 0.25) is 0 Å². The predicted molar refractivity (Wildman–Crippen MR) is 110 cm³/mol. The van der Waals surface area contributed by atoms with Crippen molar-refractivity contribution in [2.24, 2.45) is 0 Å². The second-order valence-electron chi connectivity index (χ2n) is 6.10. The second kappa shape index (κ2) is 10.2. The van der Waals surface area contributed by atoms with E-state index in [1.807, 2.05) is 0 Å². The molecule has 0 fully saturated rings. The highest BCUT2D eigenvalue weighted by Crippen LogP contribution is 2.28. The Morgan fingerprint density at radius 1 is 0.929 bits per heavy atom. The van der Waals surface area contributed by atoms with Crippen molar-refractivity contribution in [3.05, 3.63) is 46.4 Å². The van der Waals surface area contributed by atoms with Crippen LogP contribution in [0.1, 0.15) is 0 Å². The number of amides is 2. The van der Waals surface area contributed by atoms with Crippen molar-refractivity contribution in [1.82, 2.24) is 0 Å². The third-order valence-corrected chi connectivity index (χ3v) is 4.33. The molecule has 0 aliphatic rings. The maximum Gasteiger partial charge on any atom is 0.279 e. The summed E-state index contributed by atoms with van der Waals surface area (Å²) < 4.78 is 10.3. The van der Waals surface area contributed by atoms with Gasteiger partial charge in [-0.1, -0.05) is 23.2 Å². The molecule has 0 aliphatic carbocycles. The summed E-state index contributed by atoms with van der Waals surface area (Å²) in [5.41, 5.74) is 1.03. The number of hydrogen-bond acceptors (Lipinski definition) is 4. The molecule has 1 atom stereocenters. The van der Waals surface area contributed by atoms with E-state index in [2.05, 4.69) is 10.6 Å². The number of methoxy groups -OCH3 is 2. The van der Waals surface area contributed by atoms with E-state index in [0.29, 0.717) is 37.8 Å². The topological polar surface area (TPSA) is 81.1 Å². The van der Waals surface area contributed by atoms with Crippen molar-refractivity contribution < 1.29 is 24.0 Å². The van der Waals surface area contributed by atoms with Gasteiger partial charge in [0.05, 0.1) is 32.0 Å². The van der Waals surface area contributed by atoms with Crippen LogP contribution >= 0.6 is 23.2 Å². The predicted octanol–water partition coefficient (Wildman–Crippen LogP) is 2.10. The number of rotatable bonds is 8. The molecule has 2 amide bonds. The molecule has 7 nitrogen and oxygen atoms in total. The Hall–Kier alpha value is -2.48. The van der Waals surface area contributed by atoms with Crippen LogP contribution in [0.25, 0.3) is 0 Å². The Labute approximate surface area is 173 Å². The van der Waals surface area contributed by atoms with Gasteiger partial charge in [-0.25, -0.2) is 0 Å². The average Bonchev–Trinajstić information content (AvgIpc) is 2.61. The third-order valence-electron chi connectivity index (χ3n) is 3.80. The molecule has 0 saturated carbocycles. The van der Waals surface area contributed by atoms with Crippen molar-refractivity contribution in [2.45, 2.75) is 0 Å². The maximum absolute atomic E-state index is 12.3. The first-order valence-electron chi connectivity index (χ1n) is 8.40. The maximum atomic E-state index is 12.3. The normalized spacial score (nSPS) is 11.5. The summed E-state index contributed by atoms with van der Waals surface area (Å²) in [6, 6.07) is 9.90. The van der Waals surface area contributed by atoms with Crippen LogP contribution < -0.4 is 25.0 Å². The highest BCUT2D eigenvalue weighted by Gasteiger charge is 2.16. The lowest BCUT2D eigenvalue weighted by molar-refractivity contribution is -0.862. The van der Waals surface area contributed by atoms with Crippen LogP contribution in [0.5, 0.6) is 11.5 Å². The van der Waals surface area contributed by atoms with Crippen molar-refractivity contribution in [2.75, 3.05) is 45.0 Å². The van der Waals surface area contributed by atoms with E-state index >= 15 is 0 Å². The number of likely N-dealkylation sites (N-methyl/N-ethyl adjacent to an activating group) is 1. The van der Waals surface area contributed by atoms with Crippen molar-refractivity contribution in [1.29, 1.82) is 0 Å². The molecule has 0 spiro atoms. The molecular formula is C19H22Cl2N3O4+. The monoisotopic (exact) mass is 426 g/mol. The lowest BCUT2D eigenvalue weighted by Crippen LogP contribution is -3.11. The Morgan fingerprint density at radius 2 is 1.54 bits per heavy atom. The van der Waals surface area contributed by atoms with Crippen molar-refractivity contribution in [3.63, 3.8) is 0 Å². The van der Waals surface area contributed by atoms with Crippen molar-refractivity contribution >= 4 is 46.4 Å². The van der Waals surface area contributed by atoms with Crippen LogP contribution in [0.15, 0.2) is 36.4 Å². The summed E-state index contributed by atoms with van der Waals surface area (Å²) >= 11 is 12.0. The summed E-state index contributed by atoms with van der Waals surface area (Å²) in [5.74, 6) is 0.519. The zero-order chi connectivity index (χ0) is 20.7. The molecule has 2 aromatic carbocycles. The van der Waals surface area contributed by atoms with Gasteiger partial charge in [-0.2, -0.15) is 0 Å². The van der Waals surface area contributed by atoms with E-state index in [9.17, 15) is 9.59 Å². The van der Waals surface area contributed by atoms with Gasteiger partial charge in [0.15, 0.2) is 13.1 Å². The number of nitrogens with one attached hydrogen (secondary N) is 3. The summed E-state index contributed by atoms with van der Waals surface area (Å²) in [7, 11) is 4.77. The fraction of sp³-hybridized carbons (Fsp3) is 0.263. The van der Waals surface area contributed by atoms with Gasteiger partial charge >= 0.3 is 0 Å². The van der Waals surface area contributed by atoms with Crippen LogP contribution in [0.3, 0.4) is 0 Å². The second-order valence-corrected chi connectivity index (χ2v) is 6.94. The quantitative estimate of drug-likeness (QED) is 0.603. The Morgan fingerprint density at radius 3 is 2.14 bits per heavy atom. The minimum absolute atomic E-state index is 0.0897. The lowest BCUT2D eigenvalue weighted by atomic mass is 10.3. The minimum Gasteiger partial charge on any atom is -0.495 e. The summed E-state index contributed by atoms with van der Waals surface area (Å²) in [4.78, 5) is 25.2. The molecule has 2 rings (SSSR count). The van der Waals surface area contributed by atoms with E-state index in [1.54, 1.807) is 43.4 Å². The standard InChI is InChI=1S/C19H21Cl2N3O4/c1-24(10-18(25)22-13-5-7-16(27-2)14(21)9-13)11-19(26)23-15-8-12(20)4-6-17(15)28-3/h4-9H,10-11H2,1-3H3,(H,22,25)(H,23,26)/p+1. The average molecular weight is 427 g/mol. The summed E-state index contributed by atoms with van der Waals surface area (Å²) in [5, 5.41) is 6.37. The van der Waals surface area contributed by atoms with Gasteiger partial charge in [-0.3, -0.25) is 9.59 Å². The number of ether oxygens (including phenoxy) is 2. The number of halogens is 2. The Bertz CT molecular complexity index is 861. The number of anilines is 2. The Balaban J connectivity index is 1.88. The lowest BCUT2D eigenvalue weighted by Gasteiger charge is -2.15. The molecule has 1 unspecified atom stereocenters. The van der Waals surface area contributed by atoms with E-state index in [0.717, 1.165) is 0 Å². The number of carbonyl (C=O) groups is 2. The molecule has 9 heteroatoms. The molecule has 28 heavy (non-hydrogen) atoms. The van der Waals surface area contributed by atoms with Crippen molar-refractivity contribution in [3.8, 4) is 11.5 Å². The molecule has 0 bridgehead atoms. The molecule has 150 valence electrons. The third kappa shape index (κ3) is 6.30. The number of quaternary nitrogens is 1. The summed E-state index contributed by atoms with van der Waals surface area (Å²) in [6.45, 7) is 0.191. The van der Waals surface area contributed by atoms with Gasteiger partial charge in [0, 0.05) is 10.7 Å². The van der Waals surface area contributed by atoms with E-state index < -0.39 is 0 Å². The van der Waals surface area contributed by atoms with Crippen LogP contribution in [-0.4, -0.2) is 46.2 Å². The first-order chi connectivity index (χ1) is 13.3. The molecule has 2 aromatic rings. The zero-order valence-corrected chi connectivity index (χ0v) is 17.3. The van der Waals surface area contributed by atoms with Gasteiger partial charge in [0.1, 0.15) is 11.5 Å². The van der Waals surface area contributed by atoms with E-state index in [1.165, 1.54) is 14.2 Å². The number of benzene rings is 2. The van der Waals surface area contributed by atoms with Crippen LogP contribution in [0.4, 0.5) is 11.4 Å². The highest BCUT2D eigenvalue weighted by molar-refractivity contribution is 6.32. The fourth-order valence-corrected chi connectivity index (χ4v) is 2.96.